The van der Waals surface area contributed by atoms with E-state index in [-0.39, 0.29) is 17.5 Å². The molecule has 0 spiro atoms. The van der Waals surface area contributed by atoms with Crippen LogP contribution in [0.3, 0.4) is 0 Å². The third kappa shape index (κ3) is 2.78. The Balaban J connectivity index is 2.30. The van der Waals surface area contributed by atoms with Crippen LogP contribution in [0.15, 0.2) is 18.2 Å². The lowest BCUT2D eigenvalue weighted by Crippen LogP contribution is -2.39. The Bertz CT molecular complexity index is 403. The standard InChI is InChI=1S/C14H20FNO/c1-4-7-16-12-9-14(2,3)17-13-6-5-10(15)8-11(12)13/h5-6,8,12,16H,4,7,9H2,1-3H3. The maximum atomic E-state index is 13.3. The van der Waals surface area contributed by atoms with Gasteiger partial charge in [0.05, 0.1) is 0 Å². The Kier molecular flexibility index (Phi) is 3.38. The van der Waals surface area contributed by atoms with E-state index in [1.165, 1.54) is 6.07 Å². The van der Waals surface area contributed by atoms with Crippen molar-refractivity contribution in [2.75, 3.05) is 6.54 Å². The van der Waals surface area contributed by atoms with Gasteiger partial charge in [0.1, 0.15) is 17.2 Å². The molecule has 0 fully saturated rings. The van der Waals surface area contributed by atoms with E-state index in [0.717, 1.165) is 30.7 Å². The summed E-state index contributed by atoms with van der Waals surface area (Å²) in [5, 5.41) is 3.46. The minimum absolute atomic E-state index is 0.185. The van der Waals surface area contributed by atoms with Crippen LogP contribution in [0.1, 0.15) is 45.2 Å². The average Bonchev–Trinajstić information content (AvgIpc) is 2.26. The molecule has 0 saturated carbocycles. The van der Waals surface area contributed by atoms with E-state index in [1.807, 2.05) is 0 Å². The molecule has 3 heteroatoms. The van der Waals surface area contributed by atoms with E-state index >= 15 is 0 Å². The fraction of sp³-hybridized carbons (Fsp3) is 0.571. The smallest absolute Gasteiger partial charge is 0.125 e. The molecule has 0 aromatic heterocycles. The third-order valence-electron chi connectivity index (χ3n) is 3.07. The first kappa shape index (κ1) is 12.4. The van der Waals surface area contributed by atoms with Gasteiger partial charge in [-0.2, -0.15) is 0 Å². The molecule has 1 aliphatic rings. The van der Waals surface area contributed by atoms with Gasteiger partial charge in [0, 0.05) is 18.0 Å². The topological polar surface area (TPSA) is 21.3 Å². The summed E-state index contributed by atoms with van der Waals surface area (Å²) < 4.78 is 19.2. The normalized spacial score (nSPS) is 21.8. The SMILES string of the molecule is CCCNC1CC(C)(C)Oc2ccc(F)cc21. The molecule has 0 amide bonds. The zero-order valence-corrected chi connectivity index (χ0v) is 10.7. The average molecular weight is 237 g/mol. The first-order valence-electron chi connectivity index (χ1n) is 6.24. The van der Waals surface area contributed by atoms with Crippen molar-refractivity contribution >= 4 is 0 Å². The second-order valence-corrected chi connectivity index (χ2v) is 5.25. The highest BCUT2D eigenvalue weighted by atomic mass is 19.1. The van der Waals surface area contributed by atoms with E-state index < -0.39 is 0 Å². The molecule has 1 atom stereocenters. The van der Waals surface area contributed by atoms with Crippen molar-refractivity contribution in [3.8, 4) is 5.75 Å². The number of rotatable bonds is 3. The number of nitrogens with one attached hydrogen (secondary N) is 1. The van der Waals surface area contributed by atoms with Crippen LogP contribution in [0.5, 0.6) is 5.75 Å². The Morgan fingerprint density at radius 1 is 1.47 bits per heavy atom. The van der Waals surface area contributed by atoms with E-state index in [0.29, 0.717) is 0 Å². The van der Waals surface area contributed by atoms with Crippen LogP contribution in [0.2, 0.25) is 0 Å². The Morgan fingerprint density at radius 3 is 2.94 bits per heavy atom. The molecular weight excluding hydrogens is 217 g/mol. The zero-order valence-electron chi connectivity index (χ0n) is 10.7. The molecule has 2 rings (SSSR count). The van der Waals surface area contributed by atoms with E-state index in [1.54, 1.807) is 12.1 Å². The molecule has 17 heavy (non-hydrogen) atoms. The fourth-order valence-corrected chi connectivity index (χ4v) is 2.33. The largest absolute Gasteiger partial charge is 0.487 e. The number of ether oxygens (including phenoxy) is 1. The van der Waals surface area contributed by atoms with Crippen LogP contribution in [0, 0.1) is 5.82 Å². The molecule has 0 aliphatic carbocycles. The summed E-state index contributed by atoms with van der Waals surface area (Å²) >= 11 is 0. The predicted molar refractivity (Wildman–Crippen MR) is 66.8 cm³/mol. The highest BCUT2D eigenvalue weighted by Gasteiger charge is 2.33. The monoisotopic (exact) mass is 237 g/mol. The quantitative estimate of drug-likeness (QED) is 0.869. The molecule has 1 aromatic rings. The molecule has 1 aliphatic heterocycles. The molecule has 0 saturated heterocycles. The van der Waals surface area contributed by atoms with Crippen LogP contribution >= 0.6 is 0 Å². The lowest BCUT2D eigenvalue weighted by molar-refractivity contribution is 0.0659. The first-order chi connectivity index (χ1) is 8.02. The highest BCUT2D eigenvalue weighted by Crippen LogP contribution is 2.39. The van der Waals surface area contributed by atoms with Crippen molar-refractivity contribution in [1.82, 2.24) is 5.32 Å². The van der Waals surface area contributed by atoms with Crippen molar-refractivity contribution in [1.29, 1.82) is 0 Å². The molecule has 2 nitrogen and oxygen atoms in total. The minimum atomic E-state index is -0.199. The minimum Gasteiger partial charge on any atom is -0.487 e. The van der Waals surface area contributed by atoms with Gasteiger partial charge in [-0.05, 0) is 45.0 Å². The number of fused-ring (bicyclic) bond motifs is 1. The molecule has 0 radical (unpaired) electrons. The number of hydrogen-bond acceptors (Lipinski definition) is 2. The van der Waals surface area contributed by atoms with Gasteiger partial charge < -0.3 is 10.1 Å². The van der Waals surface area contributed by atoms with Gasteiger partial charge in [0.25, 0.3) is 0 Å². The summed E-state index contributed by atoms with van der Waals surface area (Å²) in [5.41, 5.74) is 0.744. The Labute approximate surface area is 102 Å². The van der Waals surface area contributed by atoms with Crippen LogP contribution in [-0.4, -0.2) is 12.1 Å². The molecule has 1 unspecified atom stereocenters. The molecular formula is C14H20FNO. The van der Waals surface area contributed by atoms with E-state index in [2.05, 4.69) is 26.1 Å². The maximum Gasteiger partial charge on any atom is 0.125 e. The fourth-order valence-electron chi connectivity index (χ4n) is 2.33. The van der Waals surface area contributed by atoms with Crippen molar-refractivity contribution in [3.63, 3.8) is 0 Å². The zero-order chi connectivity index (χ0) is 12.5. The first-order valence-corrected chi connectivity index (χ1v) is 6.24. The number of halogens is 1. The molecule has 1 N–H and O–H groups in total. The van der Waals surface area contributed by atoms with Crippen molar-refractivity contribution in [2.45, 2.75) is 45.3 Å². The van der Waals surface area contributed by atoms with Gasteiger partial charge in [0.15, 0.2) is 0 Å². The van der Waals surface area contributed by atoms with Crippen molar-refractivity contribution < 1.29 is 9.13 Å². The van der Waals surface area contributed by atoms with Crippen LogP contribution in [0.25, 0.3) is 0 Å². The summed E-state index contributed by atoms with van der Waals surface area (Å²) in [5.74, 6) is 0.603. The summed E-state index contributed by atoms with van der Waals surface area (Å²) in [6.45, 7) is 7.21. The Morgan fingerprint density at radius 2 is 2.24 bits per heavy atom. The van der Waals surface area contributed by atoms with Crippen LogP contribution < -0.4 is 10.1 Å². The maximum absolute atomic E-state index is 13.3. The molecule has 1 aromatic carbocycles. The third-order valence-corrected chi connectivity index (χ3v) is 3.07. The lowest BCUT2D eigenvalue weighted by Gasteiger charge is -2.38. The highest BCUT2D eigenvalue weighted by molar-refractivity contribution is 5.39. The molecule has 94 valence electrons. The van der Waals surface area contributed by atoms with Crippen LogP contribution in [-0.2, 0) is 0 Å². The second kappa shape index (κ2) is 4.65. The van der Waals surface area contributed by atoms with Gasteiger partial charge in [-0.1, -0.05) is 6.92 Å². The van der Waals surface area contributed by atoms with E-state index in [9.17, 15) is 4.39 Å². The van der Waals surface area contributed by atoms with Crippen molar-refractivity contribution in [3.05, 3.63) is 29.6 Å². The van der Waals surface area contributed by atoms with Gasteiger partial charge in [-0.15, -0.1) is 0 Å². The predicted octanol–water partition coefficient (Wildman–Crippen LogP) is 3.43. The van der Waals surface area contributed by atoms with Crippen molar-refractivity contribution in [2.24, 2.45) is 0 Å². The Hall–Kier alpha value is -1.09. The summed E-state index contributed by atoms with van der Waals surface area (Å²) in [6, 6.07) is 4.95. The summed E-state index contributed by atoms with van der Waals surface area (Å²) in [6.07, 6.45) is 1.94. The van der Waals surface area contributed by atoms with E-state index in [4.69, 9.17) is 4.74 Å². The number of benzene rings is 1. The lowest BCUT2D eigenvalue weighted by atomic mass is 9.89. The van der Waals surface area contributed by atoms with Gasteiger partial charge in [-0.3, -0.25) is 0 Å². The van der Waals surface area contributed by atoms with Crippen LogP contribution in [0.4, 0.5) is 4.39 Å². The molecule has 0 bridgehead atoms. The van der Waals surface area contributed by atoms with Gasteiger partial charge in [0.2, 0.25) is 0 Å². The molecule has 1 heterocycles. The summed E-state index contributed by atoms with van der Waals surface area (Å²) in [7, 11) is 0. The second-order valence-electron chi connectivity index (χ2n) is 5.25. The van der Waals surface area contributed by atoms with Gasteiger partial charge >= 0.3 is 0 Å². The number of hydrogen-bond donors (Lipinski definition) is 1. The summed E-state index contributed by atoms with van der Waals surface area (Å²) in [4.78, 5) is 0. The van der Waals surface area contributed by atoms with Gasteiger partial charge in [-0.25, -0.2) is 4.39 Å².